The lowest BCUT2D eigenvalue weighted by molar-refractivity contribution is 0.392. The summed E-state index contributed by atoms with van der Waals surface area (Å²) >= 11 is 0. The van der Waals surface area contributed by atoms with E-state index in [0.717, 1.165) is 24.7 Å². The fourth-order valence-corrected chi connectivity index (χ4v) is 1.55. The molecule has 1 rings (SSSR count). The number of hydrogen-bond donors (Lipinski definition) is 2. The van der Waals surface area contributed by atoms with Crippen LogP contribution in [0.4, 0.5) is 11.6 Å². The van der Waals surface area contributed by atoms with Crippen LogP contribution in [0, 0.1) is 0 Å². The molecule has 0 radical (unpaired) electrons. The Morgan fingerprint density at radius 1 is 1.31 bits per heavy atom. The van der Waals surface area contributed by atoms with Crippen LogP contribution in [0.1, 0.15) is 13.8 Å². The maximum Gasteiger partial charge on any atom is 0.147 e. The van der Waals surface area contributed by atoms with E-state index in [0.29, 0.717) is 6.04 Å². The van der Waals surface area contributed by atoms with Crippen LogP contribution in [-0.4, -0.2) is 48.1 Å². The molecule has 2 N–H and O–H groups in total. The zero-order valence-electron chi connectivity index (χ0n) is 10.5. The van der Waals surface area contributed by atoms with Gasteiger partial charge in [-0.3, -0.25) is 4.98 Å². The Bertz CT molecular complexity index is 313. The minimum atomic E-state index is 0.348. The highest BCUT2D eigenvalue weighted by molar-refractivity contribution is 5.41. The van der Waals surface area contributed by atoms with Crippen LogP contribution >= 0.6 is 0 Å². The van der Waals surface area contributed by atoms with Gasteiger partial charge in [0.05, 0.1) is 12.4 Å². The molecular formula is C11H21N5. The van der Waals surface area contributed by atoms with Crippen molar-refractivity contribution in [2.24, 2.45) is 0 Å². The molecule has 5 heteroatoms. The van der Waals surface area contributed by atoms with Gasteiger partial charge in [0.1, 0.15) is 11.6 Å². The van der Waals surface area contributed by atoms with Crippen LogP contribution in [0.25, 0.3) is 0 Å². The molecule has 1 atom stereocenters. The maximum atomic E-state index is 4.41. The lowest BCUT2D eigenvalue weighted by Gasteiger charge is -2.18. The summed E-state index contributed by atoms with van der Waals surface area (Å²) in [5.74, 6) is 1.62. The number of aromatic nitrogens is 2. The highest BCUT2D eigenvalue weighted by Crippen LogP contribution is 2.07. The van der Waals surface area contributed by atoms with Gasteiger partial charge in [0.15, 0.2) is 0 Å². The Balaban J connectivity index is 2.55. The molecule has 0 amide bonds. The van der Waals surface area contributed by atoms with E-state index in [1.807, 2.05) is 6.92 Å². The highest BCUT2D eigenvalue weighted by atomic mass is 15.1. The maximum absolute atomic E-state index is 4.41. The van der Waals surface area contributed by atoms with Crippen molar-refractivity contribution < 1.29 is 0 Å². The first-order chi connectivity index (χ1) is 7.61. The number of nitrogens with one attached hydrogen (secondary N) is 2. The van der Waals surface area contributed by atoms with Gasteiger partial charge < -0.3 is 15.5 Å². The van der Waals surface area contributed by atoms with E-state index in [-0.39, 0.29) is 0 Å². The van der Waals surface area contributed by atoms with Crippen molar-refractivity contribution in [3.63, 3.8) is 0 Å². The van der Waals surface area contributed by atoms with Gasteiger partial charge in [-0.15, -0.1) is 0 Å². The summed E-state index contributed by atoms with van der Waals surface area (Å²) in [6, 6.07) is 0.348. The van der Waals surface area contributed by atoms with Crippen molar-refractivity contribution in [3.05, 3.63) is 12.4 Å². The Labute approximate surface area is 97.3 Å². The van der Waals surface area contributed by atoms with E-state index in [1.54, 1.807) is 12.4 Å². The van der Waals surface area contributed by atoms with Crippen LogP contribution in [-0.2, 0) is 0 Å². The summed E-state index contributed by atoms with van der Waals surface area (Å²) in [7, 11) is 4.11. The van der Waals surface area contributed by atoms with E-state index in [1.165, 1.54) is 0 Å². The van der Waals surface area contributed by atoms with Crippen molar-refractivity contribution in [1.29, 1.82) is 0 Å². The summed E-state index contributed by atoms with van der Waals surface area (Å²) in [5.41, 5.74) is 0. The molecule has 0 fully saturated rings. The van der Waals surface area contributed by atoms with Crippen molar-refractivity contribution >= 4 is 11.6 Å². The van der Waals surface area contributed by atoms with E-state index in [2.05, 4.69) is 46.5 Å². The zero-order valence-corrected chi connectivity index (χ0v) is 10.5. The molecule has 1 aromatic heterocycles. The largest absolute Gasteiger partial charge is 0.369 e. The van der Waals surface area contributed by atoms with Gasteiger partial charge >= 0.3 is 0 Å². The molecule has 0 saturated carbocycles. The van der Waals surface area contributed by atoms with Crippen LogP contribution in [0.5, 0.6) is 0 Å². The molecular weight excluding hydrogens is 202 g/mol. The molecule has 5 nitrogen and oxygen atoms in total. The molecule has 1 heterocycles. The van der Waals surface area contributed by atoms with Crippen LogP contribution in [0.3, 0.4) is 0 Å². The Morgan fingerprint density at radius 2 is 2.00 bits per heavy atom. The van der Waals surface area contributed by atoms with Crippen molar-refractivity contribution in [2.75, 3.05) is 37.8 Å². The molecule has 90 valence electrons. The molecule has 0 aliphatic rings. The van der Waals surface area contributed by atoms with Gasteiger partial charge in [-0.1, -0.05) is 0 Å². The first-order valence-electron chi connectivity index (χ1n) is 5.59. The molecule has 16 heavy (non-hydrogen) atoms. The molecule has 0 saturated heterocycles. The number of likely N-dealkylation sites (N-methyl/N-ethyl adjacent to an activating group) is 1. The van der Waals surface area contributed by atoms with Crippen molar-refractivity contribution in [3.8, 4) is 0 Å². The first kappa shape index (κ1) is 12.7. The minimum Gasteiger partial charge on any atom is -0.369 e. The van der Waals surface area contributed by atoms with Crippen molar-refractivity contribution in [1.82, 2.24) is 14.9 Å². The van der Waals surface area contributed by atoms with Crippen molar-refractivity contribution in [2.45, 2.75) is 19.9 Å². The number of rotatable bonds is 6. The van der Waals surface area contributed by atoms with E-state index >= 15 is 0 Å². The lowest BCUT2D eigenvalue weighted by atomic mass is 10.3. The van der Waals surface area contributed by atoms with Gasteiger partial charge in [-0.05, 0) is 27.9 Å². The second-order valence-corrected chi connectivity index (χ2v) is 4.13. The predicted octanol–water partition coefficient (Wildman–Crippen LogP) is 1.27. The average Bonchev–Trinajstić information content (AvgIpc) is 2.17. The molecule has 0 aliphatic heterocycles. The number of hydrogen-bond acceptors (Lipinski definition) is 5. The van der Waals surface area contributed by atoms with Gasteiger partial charge in [0.2, 0.25) is 0 Å². The monoisotopic (exact) mass is 223 g/mol. The van der Waals surface area contributed by atoms with E-state index in [9.17, 15) is 0 Å². The third-order valence-corrected chi connectivity index (χ3v) is 2.03. The normalized spacial score (nSPS) is 12.6. The van der Waals surface area contributed by atoms with E-state index < -0.39 is 0 Å². The van der Waals surface area contributed by atoms with Gasteiger partial charge in [0, 0.05) is 19.1 Å². The smallest absolute Gasteiger partial charge is 0.147 e. The molecule has 1 unspecified atom stereocenters. The van der Waals surface area contributed by atoms with Gasteiger partial charge in [-0.25, -0.2) is 4.98 Å². The van der Waals surface area contributed by atoms with E-state index in [4.69, 9.17) is 0 Å². The highest BCUT2D eigenvalue weighted by Gasteiger charge is 2.04. The third kappa shape index (κ3) is 4.44. The van der Waals surface area contributed by atoms with Crippen LogP contribution in [0.15, 0.2) is 12.4 Å². The van der Waals surface area contributed by atoms with Gasteiger partial charge in [0.25, 0.3) is 0 Å². The number of anilines is 2. The molecule has 0 spiro atoms. The first-order valence-corrected chi connectivity index (χ1v) is 5.59. The number of nitrogens with zero attached hydrogens (tertiary/aromatic N) is 3. The van der Waals surface area contributed by atoms with Gasteiger partial charge in [-0.2, -0.15) is 0 Å². The molecule has 0 aromatic carbocycles. The topological polar surface area (TPSA) is 53.1 Å². The molecule has 1 aromatic rings. The quantitative estimate of drug-likeness (QED) is 0.760. The summed E-state index contributed by atoms with van der Waals surface area (Å²) in [6.07, 6.45) is 3.47. The summed E-state index contributed by atoms with van der Waals surface area (Å²) in [4.78, 5) is 10.7. The Kier molecular flexibility index (Phi) is 4.98. The lowest BCUT2D eigenvalue weighted by Crippen LogP contribution is -2.30. The Hall–Kier alpha value is -1.36. The second-order valence-electron chi connectivity index (χ2n) is 4.13. The fourth-order valence-electron chi connectivity index (χ4n) is 1.55. The summed E-state index contributed by atoms with van der Waals surface area (Å²) < 4.78 is 0. The summed E-state index contributed by atoms with van der Waals surface area (Å²) in [5, 5.41) is 6.45. The van der Waals surface area contributed by atoms with Crippen LogP contribution in [0.2, 0.25) is 0 Å². The fraction of sp³-hybridized carbons (Fsp3) is 0.636. The zero-order chi connectivity index (χ0) is 12.0. The SMILES string of the molecule is CCNc1cncc(NC(C)CN(C)C)n1. The molecule has 0 bridgehead atoms. The third-order valence-electron chi connectivity index (χ3n) is 2.03. The second kappa shape index (κ2) is 6.27. The summed E-state index contributed by atoms with van der Waals surface area (Å²) in [6.45, 7) is 5.98. The minimum absolute atomic E-state index is 0.348. The Morgan fingerprint density at radius 3 is 2.62 bits per heavy atom. The molecule has 0 aliphatic carbocycles. The average molecular weight is 223 g/mol. The standard InChI is InChI=1S/C11H21N5/c1-5-13-10-6-12-7-11(15-10)14-9(2)8-16(3)4/h6-7,9H,5,8H2,1-4H3,(H2,13,14,15). The van der Waals surface area contributed by atoms with Crippen LogP contribution < -0.4 is 10.6 Å². The predicted molar refractivity (Wildman–Crippen MR) is 67.8 cm³/mol.